The number of amides is 1. The minimum absolute atomic E-state index is 0.164. The second-order valence-electron chi connectivity index (χ2n) is 5.70. The van der Waals surface area contributed by atoms with Crippen molar-refractivity contribution in [3.8, 4) is 5.69 Å². The fourth-order valence-electron chi connectivity index (χ4n) is 2.71. The van der Waals surface area contributed by atoms with Gasteiger partial charge in [-0.15, -0.1) is 0 Å². The van der Waals surface area contributed by atoms with Crippen LogP contribution in [0, 0.1) is 0 Å². The minimum Gasteiger partial charge on any atom is -0.344 e. The van der Waals surface area contributed by atoms with E-state index in [1.165, 1.54) is 0 Å². The van der Waals surface area contributed by atoms with E-state index in [9.17, 15) is 4.79 Å². The Morgan fingerprint density at radius 3 is 2.80 bits per heavy atom. The van der Waals surface area contributed by atoms with Crippen LogP contribution >= 0.6 is 11.6 Å². The standard InChI is InChI=1S/C19H19ClN4O/c1-3-18-16(12-22-24(18)15-8-6-7-14(20)11-15)19(25)23-13(2)17-9-4-5-10-21-17/h4-13H,3H2,1-2H3,(H,23,25). The van der Waals surface area contributed by atoms with Gasteiger partial charge in [0, 0.05) is 11.2 Å². The summed E-state index contributed by atoms with van der Waals surface area (Å²) in [6.07, 6.45) is 3.99. The summed E-state index contributed by atoms with van der Waals surface area (Å²) >= 11 is 6.07. The normalized spacial score (nSPS) is 12.0. The van der Waals surface area contributed by atoms with Crippen LogP contribution in [0.3, 0.4) is 0 Å². The highest BCUT2D eigenvalue weighted by Crippen LogP contribution is 2.20. The molecule has 2 heterocycles. The van der Waals surface area contributed by atoms with Gasteiger partial charge in [-0.25, -0.2) is 4.68 Å². The molecule has 0 saturated carbocycles. The molecule has 3 rings (SSSR count). The van der Waals surface area contributed by atoms with Gasteiger partial charge in [0.1, 0.15) is 0 Å². The first-order valence-corrected chi connectivity index (χ1v) is 8.52. The van der Waals surface area contributed by atoms with Crippen LogP contribution < -0.4 is 5.32 Å². The zero-order valence-electron chi connectivity index (χ0n) is 14.1. The van der Waals surface area contributed by atoms with Gasteiger partial charge in [0.05, 0.1) is 34.9 Å². The highest BCUT2D eigenvalue weighted by Gasteiger charge is 2.19. The third kappa shape index (κ3) is 3.72. The summed E-state index contributed by atoms with van der Waals surface area (Å²) in [7, 11) is 0. The molecule has 0 fully saturated rings. The smallest absolute Gasteiger partial charge is 0.255 e. The number of benzene rings is 1. The topological polar surface area (TPSA) is 59.8 Å². The van der Waals surface area contributed by atoms with Crippen molar-refractivity contribution < 1.29 is 4.79 Å². The molecule has 1 aromatic carbocycles. The summed E-state index contributed by atoms with van der Waals surface area (Å²) in [5, 5.41) is 7.99. The van der Waals surface area contributed by atoms with Gasteiger partial charge in [0.25, 0.3) is 5.91 Å². The number of hydrogen-bond donors (Lipinski definition) is 1. The molecule has 0 bridgehead atoms. The van der Waals surface area contributed by atoms with Crippen molar-refractivity contribution in [2.75, 3.05) is 0 Å². The molecule has 0 saturated heterocycles. The first-order chi connectivity index (χ1) is 12.1. The predicted octanol–water partition coefficient (Wildman–Crippen LogP) is 3.97. The lowest BCUT2D eigenvalue weighted by Crippen LogP contribution is -2.27. The SMILES string of the molecule is CCc1c(C(=O)NC(C)c2ccccn2)cnn1-c1cccc(Cl)c1. The van der Waals surface area contributed by atoms with E-state index in [1.54, 1.807) is 17.1 Å². The zero-order chi connectivity index (χ0) is 17.8. The summed E-state index contributed by atoms with van der Waals surface area (Å²) in [5.74, 6) is -0.164. The van der Waals surface area contributed by atoms with Crippen LogP contribution in [0.1, 0.15) is 41.6 Å². The average Bonchev–Trinajstić information content (AvgIpc) is 3.06. The van der Waals surface area contributed by atoms with Crippen LogP contribution in [0.5, 0.6) is 0 Å². The highest BCUT2D eigenvalue weighted by atomic mass is 35.5. The number of rotatable bonds is 5. The Morgan fingerprint density at radius 1 is 1.28 bits per heavy atom. The predicted molar refractivity (Wildman–Crippen MR) is 98.1 cm³/mol. The molecule has 5 nitrogen and oxygen atoms in total. The molecule has 1 atom stereocenters. The number of hydrogen-bond acceptors (Lipinski definition) is 3. The van der Waals surface area contributed by atoms with Gasteiger partial charge >= 0.3 is 0 Å². The molecule has 128 valence electrons. The second-order valence-corrected chi connectivity index (χ2v) is 6.14. The van der Waals surface area contributed by atoms with E-state index in [0.29, 0.717) is 17.0 Å². The van der Waals surface area contributed by atoms with Crippen molar-refractivity contribution >= 4 is 17.5 Å². The molecule has 0 aliphatic rings. The van der Waals surface area contributed by atoms with Crippen LogP contribution in [-0.4, -0.2) is 20.7 Å². The number of aromatic nitrogens is 3. The van der Waals surface area contributed by atoms with Gasteiger partial charge in [-0.1, -0.05) is 30.7 Å². The molecule has 1 unspecified atom stereocenters. The molecule has 3 aromatic rings. The van der Waals surface area contributed by atoms with Gasteiger partial charge < -0.3 is 5.32 Å². The Labute approximate surface area is 151 Å². The molecular formula is C19H19ClN4O. The number of nitrogens with zero attached hydrogens (tertiary/aromatic N) is 3. The summed E-state index contributed by atoms with van der Waals surface area (Å²) < 4.78 is 1.76. The maximum Gasteiger partial charge on any atom is 0.255 e. The first-order valence-electron chi connectivity index (χ1n) is 8.14. The fraction of sp³-hybridized carbons (Fsp3) is 0.211. The molecule has 6 heteroatoms. The number of nitrogens with one attached hydrogen (secondary N) is 1. The van der Waals surface area contributed by atoms with Crippen LogP contribution in [0.15, 0.2) is 54.9 Å². The Balaban J connectivity index is 1.86. The minimum atomic E-state index is -0.187. The van der Waals surface area contributed by atoms with Crippen molar-refractivity contribution in [3.05, 3.63) is 76.8 Å². The van der Waals surface area contributed by atoms with Crippen LogP contribution in [0.25, 0.3) is 5.69 Å². The largest absolute Gasteiger partial charge is 0.344 e. The van der Waals surface area contributed by atoms with Gasteiger partial charge in [-0.3, -0.25) is 9.78 Å². The summed E-state index contributed by atoms with van der Waals surface area (Å²) in [5.41, 5.74) is 3.05. The molecular weight excluding hydrogens is 336 g/mol. The van der Waals surface area contributed by atoms with E-state index in [1.807, 2.05) is 56.3 Å². The second kappa shape index (κ2) is 7.49. The van der Waals surface area contributed by atoms with Gasteiger partial charge in [-0.2, -0.15) is 5.10 Å². The Hall–Kier alpha value is -2.66. The van der Waals surface area contributed by atoms with Crippen LogP contribution in [0.2, 0.25) is 5.02 Å². The van der Waals surface area contributed by atoms with E-state index < -0.39 is 0 Å². The molecule has 25 heavy (non-hydrogen) atoms. The Morgan fingerprint density at radius 2 is 2.12 bits per heavy atom. The van der Waals surface area contributed by atoms with Crippen molar-refractivity contribution in [2.24, 2.45) is 0 Å². The maximum absolute atomic E-state index is 12.7. The fourth-order valence-corrected chi connectivity index (χ4v) is 2.90. The van der Waals surface area contributed by atoms with E-state index in [2.05, 4.69) is 15.4 Å². The number of pyridine rings is 1. The highest BCUT2D eigenvalue weighted by molar-refractivity contribution is 6.30. The first kappa shape index (κ1) is 17.2. The maximum atomic E-state index is 12.7. The summed E-state index contributed by atoms with van der Waals surface area (Å²) in [4.78, 5) is 17.0. The van der Waals surface area contributed by atoms with Gasteiger partial charge in [0.15, 0.2) is 0 Å². The van der Waals surface area contributed by atoms with Crippen molar-refractivity contribution in [1.29, 1.82) is 0 Å². The zero-order valence-corrected chi connectivity index (χ0v) is 14.9. The molecule has 0 radical (unpaired) electrons. The monoisotopic (exact) mass is 354 g/mol. The summed E-state index contributed by atoms with van der Waals surface area (Å²) in [6, 6.07) is 12.9. The summed E-state index contributed by atoms with van der Waals surface area (Å²) in [6.45, 7) is 3.91. The van der Waals surface area contributed by atoms with Crippen molar-refractivity contribution in [1.82, 2.24) is 20.1 Å². The average molecular weight is 355 g/mol. The van der Waals surface area contributed by atoms with E-state index in [-0.39, 0.29) is 11.9 Å². The molecule has 0 aliphatic heterocycles. The molecule has 0 aliphatic carbocycles. The van der Waals surface area contributed by atoms with E-state index >= 15 is 0 Å². The molecule has 1 amide bonds. The Bertz CT molecular complexity index is 876. The van der Waals surface area contributed by atoms with Crippen molar-refractivity contribution in [3.63, 3.8) is 0 Å². The van der Waals surface area contributed by atoms with E-state index in [4.69, 9.17) is 11.6 Å². The molecule has 1 N–H and O–H groups in total. The molecule has 0 spiro atoms. The number of carbonyl (C=O) groups excluding carboxylic acids is 1. The lowest BCUT2D eigenvalue weighted by atomic mass is 10.1. The van der Waals surface area contributed by atoms with Gasteiger partial charge in [-0.05, 0) is 43.7 Å². The third-order valence-corrected chi connectivity index (χ3v) is 4.22. The third-order valence-electron chi connectivity index (χ3n) is 3.98. The van der Waals surface area contributed by atoms with Gasteiger partial charge in [0.2, 0.25) is 0 Å². The number of halogens is 1. The lowest BCUT2D eigenvalue weighted by Gasteiger charge is -2.14. The Kier molecular flexibility index (Phi) is 5.14. The molecule has 2 aromatic heterocycles. The van der Waals surface area contributed by atoms with E-state index in [0.717, 1.165) is 17.1 Å². The van der Waals surface area contributed by atoms with Crippen LogP contribution in [0.4, 0.5) is 0 Å². The van der Waals surface area contributed by atoms with Crippen molar-refractivity contribution in [2.45, 2.75) is 26.3 Å². The quantitative estimate of drug-likeness (QED) is 0.754. The lowest BCUT2D eigenvalue weighted by molar-refractivity contribution is 0.0938. The van der Waals surface area contributed by atoms with Crippen LogP contribution in [-0.2, 0) is 6.42 Å². The number of carbonyl (C=O) groups is 1.